The second kappa shape index (κ2) is 12.8. The molecule has 0 aliphatic heterocycles. The Morgan fingerprint density at radius 1 is 0.333 bits per heavy atom. The van der Waals surface area contributed by atoms with Gasteiger partial charge in [-0.1, -0.05) is 127 Å². The summed E-state index contributed by atoms with van der Waals surface area (Å²) in [5, 5.41) is 7.56. The van der Waals surface area contributed by atoms with Crippen molar-refractivity contribution in [3.8, 4) is 51.0 Å². The van der Waals surface area contributed by atoms with Crippen molar-refractivity contribution < 1.29 is 0 Å². The standard InChI is InChI=1S/C51H30N4S2/c1-3-12-31(13-4-1)49-52-50(32-14-5-2-6-15-32)54-51(53-49)40-19-11-18-39-38-25-22-34(29-47(38)57-48(39)40)33-23-26-45-41(28-33)42-30-35(24-27-46(42)56-45)55-43-20-9-7-16-36(43)37-17-8-10-21-44(37)55/h1-30H. The first kappa shape index (κ1) is 32.3. The molecule has 0 aliphatic rings. The van der Waals surface area contributed by atoms with E-state index < -0.39 is 0 Å². The first-order valence-corrected chi connectivity index (χ1v) is 20.6. The van der Waals surface area contributed by atoms with Crippen molar-refractivity contribution in [3.05, 3.63) is 182 Å². The van der Waals surface area contributed by atoms with Crippen molar-refractivity contribution in [3.63, 3.8) is 0 Å². The number of rotatable bonds is 5. The van der Waals surface area contributed by atoms with E-state index >= 15 is 0 Å². The zero-order chi connectivity index (χ0) is 37.5. The van der Waals surface area contributed by atoms with E-state index in [1.54, 1.807) is 11.3 Å². The number of hydrogen-bond donors (Lipinski definition) is 0. The number of aromatic nitrogens is 4. The normalized spacial score (nSPS) is 11.9. The maximum atomic E-state index is 5.07. The molecule has 12 aromatic rings. The van der Waals surface area contributed by atoms with Gasteiger partial charge in [0.25, 0.3) is 0 Å². The average molecular weight is 763 g/mol. The molecule has 0 fully saturated rings. The Kier molecular flexibility index (Phi) is 7.24. The molecule has 0 spiro atoms. The van der Waals surface area contributed by atoms with E-state index in [0.717, 1.165) is 16.7 Å². The van der Waals surface area contributed by atoms with Crippen LogP contribution < -0.4 is 0 Å². The van der Waals surface area contributed by atoms with Crippen LogP contribution in [0.15, 0.2) is 182 Å². The van der Waals surface area contributed by atoms with Gasteiger partial charge in [-0.25, -0.2) is 15.0 Å². The number of thiophene rings is 2. The van der Waals surface area contributed by atoms with Crippen LogP contribution in [0, 0.1) is 0 Å². The maximum Gasteiger partial charge on any atom is 0.165 e. The highest BCUT2D eigenvalue weighted by molar-refractivity contribution is 7.26. The number of fused-ring (bicyclic) bond motifs is 9. The van der Waals surface area contributed by atoms with Crippen molar-refractivity contribution in [2.75, 3.05) is 0 Å². The van der Waals surface area contributed by atoms with E-state index in [1.807, 2.05) is 47.7 Å². The minimum Gasteiger partial charge on any atom is -0.309 e. The smallest absolute Gasteiger partial charge is 0.165 e. The second-order valence-electron chi connectivity index (χ2n) is 14.4. The number of benzene rings is 8. The van der Waals surface area contributed by atoms with Crippen LogP contribution in [0.2, 0.25) is 0 Å². The average Bonchev–Trinajstić information content (AvgIpc) is 3.95. The van der Waals surface area contributed by atoms with Gasteiger partial charge >= 0.3 is 0 Å². The summed E-state index contributed by atoms with van der Waals surface area (Å²) in [6.07, 6.45) is 0. The highest BCUT2D eigenvalue weighted by atomic mass is 32.1. The van der Waals surface area contributed by atoms with Crippen LogP contribution in [0.25, 0.3) is 113 Å². The second-order valence-corrected chi connectivity index (χ2v) is 16.5. The summed E-state index contributed by atoms with van der Waals surface area (Å²) < 4.78 is 7.40. The highest BCUT2D eigenvalue weighted by Crippen LogP contribution is 2.43. The topological polar surface area (TPSA) is 43.6 Å². The molecule has 0 saturated heterocycles. The maximum absolute atomic E-state index is 5.07. The van der Waals surface area contributed by atoms with Crippen LogP contribution in [0.4, 0.5) is 0 Å². The van der Waals surface area contributed by atoms with Crippen molar-refractivity contribution in [2.45, 2.75) is 0 Å². The molecule has 0 atom stereocenters. The molecule has 12 rings (SSSR count). The molecule has 0 aliphatic carbocycles. The zero-order valence-electron chi connectivity index (χ0n) is 30.4. The molecule has 4 heterocycles. The first-order valence-electron chi connectivity index (χ1n) is 19.0. The summed E-state index contributed by atoms with van der Waals surface area (Å²) in [6, 6.07) is 65.0. The lowest BCUT2D eigenvalue weighted by molar-refractivity contribution is 1.08. The van der Waals surface area contributed by atoms with Crippen molar-refractivity contribution >= 4 is 84.8 Å². The fourth-order valence-corrected chi connectivity index (χ4v) is 10.7. The van der Waals surface area contributed by atoms with E-state index in [1.165, 1.54) is 79.0 Å². The third kappa shape index (κ3) is 5.22. The van der Waals surface area contributed by atoms with E-state index in [2.05, 4.69) is 150 Å². The molecular formula is C51H30N4S2. The van der Waals surface area contributed by atoms with Crippen LogP contribution in [0.1, 0.15) is 0 Å². The number of hydrogen-bond acceptors (Lipinski definition) is 5. The van der Waals surface area contributed by atoms with Crippen LogP contribution >= 0.6 is 22.7 Å². The van der Waals surface area contributed by atoms with Gasteiger partial charge < -0.3 is 4.57 Å². The van der Waals surface area contributed by atoms with E-state index in [-0.39, 0.29) is 0 Å². The molecule has 8 aromatic carbocycles. The Morgan fingerprint density at radius 2 is 0.895 bits per heavy atom. The fourth-order valence-electron chi connectivity index (χ4n) is 8.37. The van der Waals surface area contributed by atoms with Gasteiger partial charge in [0.1, 0.15) is 0 Å². The first-order chi connectivity index (χ1) is 28.2. The Hall–Kier alpha value is -6.99. The zero-order valence-corrected chi connectivity index (χ0v) is 32.1. The SMILES string of the molecule is c1ccc(-c2nc(-c3ccccc3)nc(-c3cccc4c3sc3cc(-c5ccc6sc7ccc(-n8c9ccccc9c9ccccc98)cc7c6c5)ccc34)n2)cc1. The molecule has 0 saturated carbocycles. The van der Waals surface area contributed by atoms with Gasteiger partial charge in [0.2, 0.25) is 0 Å². The third-order valence-electron chi connectivity index (χ3n) is 11.1. The van der Waals surface area contributed by atoms with Crippen molar-refractivity contribution in [2.24, 2.45) is 0 Å². The van der Waals surface area contributed by atoms with Crippen molar-refractivity contribution in [1.82, 2.24) is 19.5 Å². The molecule has 0 amide bonds. The predicted molar refractivity (Wildman–Crippen MR) is 242 cm³/mol. The lowest BCUT2D eigenvalue weighted by Crippen LogP contribution is -2.00. The van der Waals surface area contributed by atoms with Crippen molar-refractivity contribution in [1.29, 1.82) is 0 Å². The lowest BCUT2D eigenvalue weighted by atomic mass is 10.0. The quantitative estimate of drug-likeness (QED) is 0.175. The van der Waals surface area contributed by atoms with Gasteiger partial charge in [0.15, 0.2) is 17.5 Å². The van der Waals surface area contributed by atoms with Gasteiger partial charge in [-0.15, -0.1) is 22.7 Å². The molecule has 0 unspecified atom stereocenters. The summed E-state index contributed by atoms with van der Waals surface area (Å²) >= 11 is 3.66. The van der Waals surface area contributed by atoms with Crippen LogP contribution in [-0.2, 0) is 0 Å². The summed E-state index contributed by atoms with van der Waals surface area (Å²) in [5.41, 5.74) is 8.97. The van der Waals surface area contributed by atoms with E-state index in [4.69, 9.17) is 15.0 Å². The highest BCUT2D eigenvalue weighted by Gasteiger charge is 2.18. The Bertz CT molecular complexity index is 3410. The molecule has 0 radical (unpaired) electrons. The van der Waals surface area contributed by atoms with Gasteiger partial charge in [-0.3, -0.25) is 0 Å². The number of nitrogens with zero attached hydrogens (tertiary/aromatic N) is 4. The molecule has 266 valence electrons. The Labute approximate surface area is 335 Å². The molecule has 0 N–H and O–H groups in total. The predicted octanol–water partition coefficient (Wildman–Crippen LogP) is 14.4. The van der Waals surface area contributed by atoms with Gasteiger partial charge in [0, 0.05) is 73.5 Å². The molecule has 0 bridgehead atoms. The van der Waals surface area contributed by atoms with E-state index in [9.17, 15) is 0 Å². The summed E-state index contributed by atoms with van der Waals surface area (Å²) in [5.74, 6) is 2.01. The van der Waals surface area contributed by atoms with Crippen LogP contribution in [-0.4, -0.2) is 19.5 Å². The number of para-hydroxylation sites is 2. The van der Waals surface area contributed by atoms with Gasteiger partial charge in [-0.05, 0) is 65.7 Å². The molecule has 4 nitrogen and oxygen atoms in total. The molecule has 6 heteroatoms. The summed E-state index contributed by atoms with van der Waals surface area (Å²) in [7, 11) is 0. The third-order valence-corrected chi connectivity index (χ3v) is 13.4. The fraction of sp³-hybridized carbons (Fsp3) is 0. The van der Waals surface area contributed by atoms with E-state index in [0.29, 0.717) is 17.5 Å². The largest absolute Gasteiger partial charge is 0.309 e. The lowest BCUT2D eigenvalue weighted by Gasteiger charge is -2.09. The Balaban J connectivity index is 0.979. The molecule has 4 aromatic heterocycles. The van der Waals surface area contributed by atoms with Crippen LogP contribution in [0.3, 0.4) is 0 Å². The molecule has 57 heavy (non-hydrogen) atoms. The summed E-state index contributed by atoms with van der Waals surface area (Å²) in [6.45, 7) is 0. The van der Waals surface area contributed by atoms with Gasteiger partial charge in [-0.2, -0.15) is 0 Å². The minimum atomic E-state index is 0.665. The monoisotopic (exact) mass is 762 g/mol. The van der Waals surface area contributed by atoms with Gasteiger partial charge in [0.05, 0.1) is 11.0 Å². The summed E-state index contributed by atoms with van der Waals surface area (Å²) in [4.78, 5) is 15.1. The van der Waals surface area contributed by atoms with Crippen LogP contribution in [0.5, 0.6) is 0 Å². The minimum absolute atomic E-state index is 0.665. The Morgan fingerprint density at radius 3 is 1.60 bits per heavy atom. The molecular weight excluding hydrogens is 733 g/mol.